The first-order chi connectivity index (χ1) is 11.2. The number of anilines is 1. The van der Waals surface area contributed by atoms with Crippen molar-refractivity contribution in [2.75, 3.05) is 5.32 Å². The molecule has 118 valence electrons. The van der Waals surface area contributed by atoms with E-state index in [1.54, 1.807) is 12.4 Å². The number of aromatic nitrogens is 3. The van der Waals surface area contributed by atoms with E-state index in [-0.39, 0.29) is 0 Å². The van der Waals surface area contributed by atoms with Crippen molar-refractivity contribution >= 4 is 33.7 Å². The number of carbonyl (C=O) groups is 1. The monoisotopic (exact) mass is 309 g/mol. The Hall–Kier alpha value is -2.63. The maximum absolute atomic E-state index is 11.5. The Kier molecular flexibility index (Phi) is 3.37. The number of primary amides is 1. The summed E-state index contributed by atoms with van der Waals surface area (Å²) in [5.41, 5.74) is 7.60. The van der Waals surface area contributed by atoms with Crippen molar-refractivity contribution in [1.29, 1.82) is 0 Å². The van der Waals surface area contributed by atoms with Gasteiger partial charge in [0.15, 0.2) is 0 Å². The predicted octanol–water partition coefficient (Wildman–Crippen LogP) is 2.95. The van der Waals surface area contributed by atoms with Crippen LogP contribution in [0.15, 0.2) is 24.5 Å². The van der Waals surface area contributed by atoms with Gasteiger partial charge in [0.05, 0.1) is 5.39 Å². The number of amides is 1. The van der Waals surface area contributed by atoms with E-state index in [2.05, 4.69) is 20.3 Å². The van der Waals surface area contributed by atoms with Crippen LogP contribution in [0.25, 0.3) is 21.9 Å². The lowest BCUT2D eigenvalue weighted by atomic mass is 9.95. The van der Waals surface area contributed by atoms with Crippen molar-refractivity contribution in [2.24, 2.45) is 5.73 Å². The van der Waals surface area contributed by atoms with E-state index in [0.717, 1.165) is 27.8 Å². The van der Waals surface area contributed by atoms with Crippen molar-refractivity contribution in [1.82, 2.24) is 15.0 Å². The van der Waals surface area contributed by atoms with Crippen LogP contribution in [0, 0.1) is 0 Å². The molecule has 1 aromatic carbocycles. The highest BCUT2D eigenvalue weighted by Crippen LogP contribution is 2.31. The van der Waals surface area contributed by atoms with Crippen LogP contribution in [0.3, 0.4) is 0 Å². The van der Waals surface area contributed by atoms with E-state index in [4.69, 9.17) is 5.73 Å². The average molecular weight is 309 g/mol. The zero-order valence-electron chi connectivity index (χ0n) is 12.8. The summed E-state index contributed by atoms with van der Waals surface area (Å²) in [6, 6.07) is 5.85. The third kappa shape index (κ3) is 2.50. The molecule has 3 aromatic rings. The minimum atomic E-state index is -0.431. The fourth-order valence-electron chi connectivity index (χ4n) is 3.43. The van der Waals surface area contributed by atoms with Gasteiger partial charge in [0.1, 0.15) is 17.8 Å². The average Bonchev–Trinajstić information content (AvgIpc) is 2.94. The second-order valence-corrected chi connectivity index (χ2v) is 6.17. The maximum Gasteiger partial charge on any atom is 0.248 e. The van der Waals surface area contributed by atoms with Crippen molar-refractivity contribution in [2.45, 2.75) is 38.1 Å². The summed E-state index contributed by atoms with van der Waals surface area (Å²) in [4.78, 5) is 23.5. The molecular weight excluding hydrogens is 290 g/mol. The highest BCUT2D eigenvalue weighted by atomic mass is 16.1. The summed E-state index contributed by atoms with van der Waals surface area (Å²) >= 11 is 0. The lowest BCUT2D eigenvalue weighted by Gasteiger charge is -2.23. The fourth-order valence-corrected chi connectivity index (χ4v) is 3.43. The first-order valence-electron chi connectivity index (χ1n) is 8.05. The van der Waals surface area contributed by atoms with Crippen LogP contribution >= 0.6 is 0 Å². The van der Waals surface area contributed by atoms with Gasteiger partial charge < -0.3 is 16.0 Å². The molecule has 6 nitrogen and oxygen atoms in total. The van der Waals surface area contributed by atoms with Gasteiger partial charge >= 0.3 is 0 Å². The predicted molar refractivity (Wildman–Crippen MR) is 90.4 cm³/mol. The van der Waals surface area contributed by atoms with Gasteiger partial charge in [0.2, 0.25) is 5.91 Å². The zero-order chi connectivity index (χ0) is 15.8. The van der Waals surface area contributed by atoms with Crippen LogP contribution in [0.5, 0.6) is 0 Å². The molecule has 2 heterocycles. The second-order valence-electron chi connectivity index (χ2n) is 6.17. The van der Waals surface area contributed by atoms with Crippen LogP contribution in [-0.4, -0.2) is 26.9 Å². The molecule has 0 unspecified atom stereocenters. The Balaban J connectivity index is 1.84. The molecule has 0 aliphatic heterocycles. The standard InChI is InChI=1S/C17H19N5O/c18-15(23)10-6-7-13-12(8-10)14-16(19-9-20-17(14)22-13)21-11-4-2-1-3-5-11/h6-9,11H,1-5H2,(H2,18,23)(H2,19,20,21,22). The smallest absolute Gasteiger partial charge is 0.248 e. The molecule has 6 heteroatoms. The van der Waals surface area contributed by atoms with Gasteiger partial charge in [0, 0.05) is 22.5 Å². The van der Waals surface area contributed by atoms with Crippen LogP contribution in [-0.2, 0) is 0 Å². The van der Waals surface area contributed by atoms with E-state index in [0.29, 0.717) is 11.6 Å². The lowest BCUT2D eigenvalue weighted by Crippen LogP contribution is -2.22. The quantitative estimate of drug-likeness (QED) is 0.693. The largest absolute Gasteiger partial charge is 0.367 e. The van der Waals surface area contributed by atoms with Crippen molar-refractivity contribution in [3.8, 4) is 0 Å². The molecule has 0 bridgehead atoms. The molecule has 1 aliphatic rings. The number of nitrogens with two attached hydrogens (primary N) is 1. The van der Waals surface area contributed by atoms with Crippen LogP contribution in [0.4, 0.5) is 5.82 Å². The fraction of sp³-hybridized carbons (Fsp3) is 0.353. The lowest BCUT2D eigenvalue weighted by molar-refractivity contribution is 0.100. The molecule has 1 saturated carbocycles. The molecule has 0 atom stereocenters. The number of benzene rings is 1. The highest BCUT2D eigenvalue weighted by Gasteiger charge is 2.17. The van der Waals surface area contributed by atoms with Gasteiger partial charge in [-0.3, -0.25) is 4.79 Å². The first kappa shape index (κ1) is 14.0. The number of nitrogens with zero attached hydrogens (tertiary/aromatic N) is 2. The second kappa shape index (κ2) is 5.53. The number of hydrogen-bond acceptors (Lipinski definition) is 4. The summed E-state index contributed by atoms with van der Waals surface area (Å²) in [6.45, 7) is 0. The summed E-state index contributed by atoms with van der Waals surface area (Å²) in [7, 11) is 0. The number of aromatic amines is 1. The topological polar surface area (TPSA) is 96.7 Å². The van der Waals surface area contributed by atoms with Crippen LogP contribution < -0.4 is 11.1 Å². The minimum Gasteiger partial charge on any atom is -0.367 e. The van der Waals surface area contributed by atoms with Crippen LogP contribution in [0.2, 0.25) is 0 Å². The maximum atomic E-state index is 11.5. The van der Waals surface area contributed by atoms with Gasteiger partial charge in [-0.05, 0) is 31.0 Å². The Bertz CT molecular complexity index is 879. The van der Waals surface area contributed by atoms with E-state index in [1.807, 2.05) is 12.1 Å². The third-order valence-corrected chi connectivity index (χ3v) is 4.62. The summed E-state index contributed by atoms with van der Waals surface area (Å²) < 4.78 is 0. The highest BCUT2D eigenvalue weighted by molar-refractivity contribution is 6.13. The number of fused-ring (bicyclic) bond motifs is 3. The third-order valence-electron chi connectivity index (χ3n) is 4.62. The summed E-state index contributed by atoms with van der Waals surface area (Å²) in [5.74, 6) is 0.398. The van der Waals surface area contributed by atoms with Crippen molar-refractivity contribution in [3.05, 3.63) is 30.1 Å². The van der Waals surface area contributed by atoms with Gasteiger partial charge in [-0.2, -0.15) is 0 Å². The first-order valence-corrected chi connectivity index (χ1v) is 8.05. The molecule has 23 heavy (non-hydrogen) atoms. The normalized spacial score (nSPS) is 16.0. The Labute approximate surface area is 133 Å². The molecule has 2 aromatic heterocycles. The van der Waals surface area contributed by atoms with E-state index >= 15 is 0 Å². The van der Waals surface area contributed by atoms with Crippen LogP contribution in [0.1, 0.15) is 42.5 Å². The summed E-state index contributed by atoms with van der Waals surface area (Å²) in [5, 5.41) is 5.42. The number of rotatable bonds is 3. The number of carbonyl (C=O) groups excluding carboxylic acids is 1. The molecule has 4 N–H and O–H groups in total. The SMILES string of the molecule is NC(=O)c1ccc2[nH]c3ncnc(NC4CCCCC4)c3c2c1. The number of H-pyrrole nitrogens is 1. The van der Waals surface area contributed by atoms with Gasteiger partial charge in [-0.15, -0.1) is 0 Å². The zero-order valence-corrected chi connectivity index (χ0v) is 12.8. The van der Waals surface area contributed by atoms with Crippen molar-refractivity contribution < 1.29 is 4.79 Å². The van der Waals surface area contributed by atoms with E-state index in [9.17, 15) is 4.79 Å². The molecule has 4 rings (SSSR count). The van der Waals surface area contributed by atoms with Crippen molar-refractivity contribution in [3.63, 3.8) is 0 Å². The van der Waals surface area contributed by atoms with E-state index < -0.39 is 5.91 Å². The molecular formula is C17H19N5O. The Morgan fingerprint density at radius 1 is 1.22 bits per heavy atom. The van der Waals surface area contributed by atoms with Gasteiger partial charge in [-0.25, -0.2) is 9.97 Å². The summed E-state index contributed by atoms with van der Waals surface area (Å²) in [6.07, 6.45) is 7.72. The minimum absolute atomic E-state index is 0.431. The Morgan fingerprint density at radius 3 is 2.83 bits per heavy atom. The molecule has 0 spiro atoms. The molecule has 0 saturated heterocycles. The molecule has 1 amide bonds. The van der Waals surface area contributed by atoms with E-state index in [1.165, 1.54) is 32.1 Å². The molecule has 1 fully saturated rings. The Morgan fingerprint density at radius 2 is 2.04 bits per heavy atom. The van der Waals surface area contributed by atoms with Gasteiger partial charge in [-0.1, -0.05) is 19.3 Å². The number of nitrogens with one attached hydrogen (secondary N) is 2. The molecule has 1 aliphatic carbocycles. The van der Waals surface area contributed by atoms with Gasteiger partial charge in [0.25, 0.3) is 0 Å². The number of hydrogen-bond donors (Lipinski definition) is 3. The molecule has 0 radical (unpaired) electrons.